The van der Waals surface area contributed by atoms with Crippen LogP contribution in [0.25, 0.3) is 0 Å². The van der Waals surface area contributed by atoms with Crippen molar-refractivity contribution >= 4 is 41.7 Å². The fourth-order valence-corrected chi connectivity index (χ4v) is 1.97. The number of halogens is 2. The summed E-state index contributed by atoms with van der Waals surface area (Å²) in [6.07, 6.45) is 1.30. The van der Waals surface area contributed by atoms with Crippen LogP contribution in [0.5, 0.6) is 0 Å². The Kier molecular flexibility index (Phi) is 9.14. The Morgan fingerprint density at radius 1 is 1.08 bits per heavy atom. The summed E-state index contributed by atoms with van der Waals surface area (Å²) in [5.41, 5.74) is 0. The van der Waals surface area contributed by atoms with Gasteiger partial charge >= 0.3 is 6.72 Å². The second-order valence-corrected chi connectivity index (χ2v) is 5.81. The fraction of sp³-hybridized carbons (Fsp3) is 1.00. The van der Waals surface area contributed by atoms with Gasteiger partial charge in [0.05, 0.1) is 13.2 Å². The van der Waals surface area contributed by atoms with Crippen LogP contribution in [0.4, 0.5) is 0 Å². The number of rotatable bonds is 8. The standard InChI is InChI=1S/C6H13Cl2O3PS/c7-3-1-5-10-12(9,13)11-6-2-4-8/h1-6H2,(H,9,13). The molecule has 0 aliphatic heterocycles. The van der Waals surface area contributed by atoms with Crippen molar-refractivity contribution in [2.24, 2.45) is 0 Å². The van der Waals surface area contributed by atoms with Crippen LogP contribution in [0.3, 0.4) is 0 Å². The maximum Gasteiger partial charge on any atom is 0.324 e. The lowest BCUT2D eigenvalue weighted by Crippen LogP contribution is -1.99. The largest absolute Gasteiger partial charge is 0.324 e. The molecule has 0 atom stereocenters. The van der Waals surface area contributed by atoms with Gasteiger partial charge in [-0.15, -0.1) is 23.2 Å². The zero-order chi connectivity index (χ0) is 10.2. The average molecular weight is 267 g/mol. The molecule has 0 radical (unpaired) electrons. The Morgan fingerprint density at radius 2 is 1.46 bits per heavy atom. The first kappa shape index (κ1) is 14.1. The first-order valence-electron chi connectivity index (χ1n) is 3.86. The molecule has 0 spiro atoms. The van der Waals surface area contributed by atoms with E-state index >= 15 is 0 Å². The monoisotopic (exact) mass is 266 g/mol. The molecule has 0 heterocycles. The van der Waals surface area contributed by atoms with Gasteiger partial charge in [-0.25, -0.2) is 0 Å². The van der Waals surface area contributed by atoms with E-state index in [0.29, 0.717) is 37.8 Å². The van der Waals surface area contributed by atoms with Crippen LogP contribution in [-0.2, 0) is 20.9 Å². The minimum absolute atomic E-state index is 0.332. The van der Waals surface area contributed by atoms with Gasteiger partial charge in [0, 0.05) is 11.8 Å². The van der Waals surface area contributed by atoms with Gasteiger partial charge in [-0.3, -0.25) is 0 Å². The molecule has 0 aliphatic carbocycles. The first-order chi connectivity index (χ1) is 6.12. The summed E-state index contributed by atoms with van der Waals surface area (Å²) in [7, 11) is 0. The Bertz CT molecular complexity index is 156. The molecule has 0 aromatic carbocycles. The summed E-state index contributed by atoms with van der Waals surface area (Å²) < 4.78 is 9.90. The molecule has 0 fully saturated rings. The molecule has 1 N–H and O–H groups in total. The maximum absolute atomic E-state index is 9.36. The van der Waals surface area contributed by atoms with Gasteiger partial charge in [0.2, 0.25) is 0 Å². The summed E-state index contributed by atoms with van der Waals surface area (Å²) in [4.78, 5) is 9.36. The molecule has 0 rings (SSSR count). The third-order valence-electron chi connectivity index (χ3n) is 1.06. The molecule has 0 amide bonds. The van der Waals surface area contributed by atoms with Crippen molar-refractivity contribution in [3.63, 3.8) is 0 Å². The molecule has 0 unspecified atom stereocenters. The predicted octanol–water partition coefficient (Wildman–Crippen LogP) is 2.49. The molecule has 0 bridgehead atoms. The Morgan fingerprint density at radius 3 is 1.77 bits per heavy atom. The maximum atomic E-state index is 9.36. The van der Waals surface area contributed by atoms with Gasteiger partial charge in [-0.2, -0.15) is 0 Å². The summed E-state index contributed by atoms with van der Waals surface area (Å²) in [5.74, 6) is 0.966. The van der Waals surface area contributed by atoms with Crippen molar-refractivity contribution in [2.45, 2.75) is 12.8 Å². The SMILES string of the molecule is OP(=S)(OCCCCl)OCCCCl. The zero-order valence-corrected chi connectivity index (χ0v) is 10.3. The van der Waals surface area contributed by atoms with Crippen molar-refractivity contribution in [2.75, 3.05) is 25.0 Å². The van der Waals surface area contributed by atoms with Crippen molar-refractivity contribution in [3.8, 4) is 0 Å². The van der Waals surface area contributed by atoms with Crippen molar-refractivity contribution in [1.82, 2.24) is 0 Å². The van der Waals surface area contributed by atoms with Crippen LogP contribution >= 0.6 is 29.9 Å². The van der Waals surface area contributed by atoms with Crippen LogP contribution in [-0.4, -0.2) is 29.9 Å². The lowest BCUT2D eigenvalue weighted by Gasteiger charge is -2.14. The van der Waals surface area contributed by atoms with E-state index in [2.05, 4.69) is 0 Å². The topological polar surface area (TPSA) is 38.7 Å². The van der Waals surface area contributed by atoms with Crippen molar-refractivity contribution in [3.05, 3.63) is 0 Å². The van der Waals surface area contributed by atoms with Gasteiger partial charge in [-0.1, -0.05) is 0 Å². The van der Waals surface area contributed by atoms with Gasteiger partial charge in [0.1, 0.15) is 0 Å². The highest BCUT2D eigenvalue weighted by molar-refractivity contribution is 8.07. The molecule has 0 aromatic rings. The third kappa shape index (κ3) is 9.42. The Hall–Kier alpha value is 1.11. The smallest absolute Gasteiger partial charge is 0.324 e. The number of hydrogen-bond acceptors (Lipinski definition) is 3. The fourth-order valence-electron chi connectivity index (χ4n) is 0.506. The normalized spacial score (nSPS) is 11.9. The van der Waals surface area contributed by atoms with Gasteiger partial charge in [0.25, 0.3) is 0 Å². The van der Waals surface area contributed by atoms with E-state index in [9.17, 15) is 4.89 Å². The highest BCUT2D eigenvalue weighted by atomic mass is 35.5. The van der Waals surface area contributed by atoms with Gasteiger partial charge in [0.15, 0.2) is 0 Å². The first-order valence-corrected chi connectivity index (χ1v) is 7.52. The van der Waals surface area contributed by atoms with Crippen LogP contribution in [0.1, 0.15) is 12.8 Å². The highest BCUT2D eigenvalue weighted by Crippen LogP contribution is 2.43. The van der Waals surface area contributed by atoms with E-state index < -0.39 is 6.72 Å². The molecule has 0 aliphatic rings. The lowest BCUT2D eigenvalue weighted by atomic mass is 10.5. The molecule has 0 saturated heterocycles. The third-order valence-corrected chi connectivity index (χ3v) is 3.25. The summed E-state index contributed by atoms with van der Waals surface area (Å²) in [6, 6.07) is 0. The number of hydrogen-bond donors (Lipinski definition) is 1. The minimum Gasteiger partial charge on any atom is -0.324 e. The summed E-state index contributed by atoms with van der Waals surface area (Å²) in [5, 5.41) is 0. The summed E-state index contributed by atoms with van der Waals surface area (Å²) >= 11 is 15.5. The second-order valence-electron chi connectivity index (χ2n) is 2.22. The molecule has 0 saturated carbocycles. The number of alkyl halides is 2. The van der Waals surface area contributed by atoms with E-state index in [1.807, 2.05) is 0 Å². The molecule has 7 heteroatoms. The van der Waals surface area contributed by atoms with E-state index in [1.54, 1.807) is 0 Å². The Balaban J connectivity index is 3.49. The van der Waals surface area contributed by atoms with Crippen LogP contribution in [0.2, 0.25) is 0 Å². The zero-order valence-electron chi connectivity index (χ0n) is 7.12. The molecular weight excluding hydrogens is 254 g/mol. The quantitative estimate of drug-likeness (QED) is 0.416. The summed E-state index contributed by atoms with van der Waals surface area (Å²) in [6.45, 7) is -2.37. The highest BCUT2D eigenvalue weighted by Gasteiger charge is 2.13. The predicted molar refractivity (Wildman–Crippen MR) is 59.1 cm³/mol. The van der Waals surface area contributed by atoms with Crippen LogP contribution in [0.15, 0.2) is 0 Å². The molecular formula is C6H13Cl2O3PS. The average Bonchev–Trinajstić information content (AvgIpc) is 2.05. The molecule has 13 heavy (non-hydrogen) atoms. The molecule has 0 aromatic heterocycles. The molecule has 80 valence electrons. The van der Waals surface area contributed by atoms with Crippen LogP contribution < -0.4 is 0 Å². The van der Waals surface area contributed by atoms with Crippen molar-refractivity contribution in [1.29, 1.82) is 0 Å². The molecule has 3 nitrogen and oxygen atoms in total. The van der Waals surface area contributed by atoms with Crippen molar-refractivity contribution < 1.29 is 13.9 Å². The van der Waals surface area contributed by atoms with Crippen LogP contribution in [0, 0.1) is 0 Å². The lowest BCUT2D eigenvalue weighted by molar-refractivity contribution is 0.198. The van der Waals surface area contributed by atoms with E-state index in [0.717, 1.165) is 0 Å². The van der Waals surface area contributed by atoms with Gasteiger partial charge < -0.3 is 13.9 Å². The van der Waals surface area contributed by atoms with E-state index in [1.165, 1.54) is 0 Å². The van der Waals surface area contributed by atoms with E-state index in [4.69, 9.17) is 44.1 Å². The minimum atomic E-state index is -3.04. The van der Waals surface area contributed by atoms with Gasteiger partial charge in [-0.05, 0) is 24.6 Å². The Labute approximate surface area is 93.6 Å². The van der Waals surface area contributed by atoms with E-state index in [-0.39, 0.29) is 0 Å². The second kappa shape index (κ2) is 8.42.